The highest BCUT2D eigenvalue weighted by atomic mass is 19.3. The Morgan fingerprint density at radius 2 is 2.15 bits per heavy atom. The lowest BCUT2D eigenvalue weighted by atomic mass is 9.99. The summed E-state index contributed by atoms with van der Waals surface area (Å²) in [7, 11) is 0. The van der Waals surface area contributed by atoms with Gasteiger partial charge in [-0.15, -0.1) is 0 Å². The van der Waals surface area contributed by atoms with Crippen molar-refractivity contribution in [1.82, 2.24) is 4.90 Å². The molecule has 2 atom stereocenters. The number of aliphatic hydroxyl groups is 1. The van der Waals surface area contributed by atoms with E-state index in [1.54, 1.807) is 0 Å². The van der Waals surface area contributed by atoms with Crippen molar-refractivity contribution in [3.63, 3.8) is 0 Å². The second-order valence-electron chi connectivity index (χ2n) is 4.15. The minimum absolute atomic E-state index is 0.0648. The summed E-state index contributed by atoms with van der Waals surface area (Å²) in [6.45, 7) is 1.84. The van der Waals surface area contributed by atoms with Crippen molar-refractivity contribution in [3.8, 4) is 0 Å². The second-order valence-corrected chi connectivity index (χ2v) is 4.15. The maximum atomic E-state index is 13.2. The number of rotatable bonds is 2. The number of β-amino-alcohol motifs (C(OH)–C–C–N with tert-alkyl or cyclic N) is 1. The van der Waals surface area contributed by atoms with Gasteiger partial charge in [0, 0.05) is 32.0 Å². The van der Waals surface area contributed by atoms with Crippen LogP contribution in [0.1, 0.15) is 12.8 Å². The molecule has 2 rings (SSSR count). The molecule has 0 aromatic carbocycles. The van der Waals surface area contributed by atoms with Crippen LogP contribution in [0.2, 0.25) is 0 Å². The number of aliphatic hydroxyl groups excluding tert-OH is 1. The Kier molecular flexibility index (Phi) is 2.28. The van der Waals surface area contributed by atoms with Gasteiger partial charge in [-0.3, -0.25) is 0 Å². The molecule has 1 N–H and O–H groups in total. The highest BCUT2D eigenvalue weighted by Crippen LogP contribution is 2.47. The molecular formula is C9H15F2NO. The summed E-state index contributed by atoms with van der Waals surface area (Å²) in [6.07, 6.45) is 0.717. The molecule has 1 saturated heterocycles. The van der Waals surface area contributed by atoms with Crippen molar-refractivity contribution in [2.45, 2.75) is 18.8 Å². The van der Waals surface area contributed by atoms with Crippen LogP contribution in [-0.4, -0.2) is 42.2 Å². The Labute approximate surface area is 76.5 Å². The summed E-state index contributed by atoms with van der Waals surface area (Å²) < 4.78 is 26.4. The lowest BCUT2D eigenvalue weighted by molar-refractivity contribution is -0.0401. The summed E-state index contributed by atoms with van der Waals surface area (Å²) in [5.41, 5.74) is 0. The summed E-state index contributed by atoms with van der Waals surface area (Å²) in [6, 6.07) is 0. The van der Waals surface area contributed by atoms with Gasteiger partial charge in [-0.1, -0.05) is 0 Å². The largest absolute Gasteiger partial charge is 0.395 e. The molecule has 1 aliphatic heterocycles. The Morgan fingerprint density at radius 1 is 1.38 bits per heavy atom. The van der Waals surface area contributed by atoms with Gasteiger partial charge in [0.05, 0.1) is 6.61 Å². The van der Waals surface area contributed by atoms with Crippen LogP contribution >= 0.6 is 0 Å². The number of nitrogens with zero attached hydrogens (tertiary/aromatic N) is 1. The fourth-order valence-corrected chi connectivity index (χ4v) is 2.62. The van der Waals surface area contributed by atoms with Gasteiger partial charge in [0.2, 0.25) is 0 Å². The summed E-state index contributed by atoms with van der Waals surface area (Å²) in [5.74, 6) is -2.73. The molecule has 0 unspecified atom stereocenters. The van der Waals surface area contributed by atoms with Crippen molar-refractivity contribution in [1.29, 1.82) is 0 Å². The molecule has 4 heteroatoms. The molecule has 0 aromatic rings. The monoisotopic (exact) mass is 191 g/mol. The number of likely N-dealkylation sites (tertiary alicyclic amines) is 1. The lowest BCUT2D eigenvalue weighted by Crippen LogP contribution is -2.30. The van der Waals surface area contributed by atoms with E-state index >= 15 is 0 Å². The maximum Gasteiger partial charge on any atom is 0.252 e. The van der Waals surface area contributed by atoms with Gasteiger partial charge in [-0.25, -0.2) is 8.78 Å². The second kappa shape index (κ2) is 3.17. The topological polar surface area (TPSA) is 23.5 Å². The third-order valence-corrected chi connectivity index (χ3v) is 3.32. The van der Waals surface area contributed by atoms with E-state index in [-0.39, 0.29) is 18.9 Å². The molecule has 0 spiro atoms. The van der Waals surface area contributed by atoms with Crippen molar-refractivity contribution in [2.24, 2.45) is 11.8 Å². The van der Waals surface area contributed by atoms with Crippen molar-refractivity contribution >= 4 is 0 Å². The number of hydrogen-bond donors (Lipinski definition) is 1. The Balaban J connectivity index is 1.98. The van der Waals surface area contributed by atoms with E-state index in [1.165, 1.54) is 0 Å². The average Bonchev–Trinajstić information content (AvgIpc) is 2.55. The first-order valence-electron chi connectivity index (χ1n) is 4.84. The number of halogens is 2. The van der Waals surface area contributed by atoms with Crippen LogP contribution in [-0.2, 0) is 0 Å². The zero-order valence-corrected chi connectivity index (χ0v) is 7.55. The zero-order chi connectivity index (χ0) is 9.47. The number of hydrogen-bond acceptors (Lipinski definition) is 2. The molecule has 0 amide bonds. The van der Waals surface area contributed by atoms with E-state index in [0.29, 0.717) is 19.5 Å². The van der Waals surface area contributed by atoms with E-state index in [4.69, 9.17) is 5.11 Å². The minimum atomic E-state index is -2.45. The third kappa shape index (κ3) is 1.57. The van der Waals surface area contributed by atoms with E-state index in [9.17, 15) is 8.78 Å². The zero-order valence-electron chi connectivity index (χ0n) is 7.55. The van der Waals surface area contributed by atoms with Gasteiger partial charge >= 0.3 is 0 Å². The summed E-state index contributed by atoms with van der Waals surface area (Å²) >= 11 is 0. The standard InChI is InChI=1S/C9H15F2NO/c10-9(11)2-1-7-5-12(3-4-13)6-8(7)9/h7-8,13H,1-6H2/t7-,8-/m1/s1. The van der Waals surface area contributed by atoms with Gasteiger partial charge in [-0.2, -0.15) is 0 Å². The van der Waals surface area contributed by atoms with Gasteiger partial charge < -0.3 is 10.0 Å². The van der Waals surface area contributed by atoms with Gasteiger partial charge in [0.1, 0.15) is 0 Å². The molecule has 76 valence electrons. The third-order valence-electron chi connectivity index (χ3n) is 3.32. The number of alkyl halides is 2. The molecule has 0 radical (unpaired) electrons. The van der Waals surface area contributed by atoms with Crippen LogP contribution in [0.4, 0.5) is 8.78 Å². The van der Waals surface area contributed by atoms with E-state index in [2.05, 4.69) is 0 Å². The highest BCUT2D eigenvalue weighted by molar-refractivity contribution is 4.97. The van der Waals surface area contributed by atoms with E-state index in [1.807, 2.05) is 4.90 Å². The molecule has 2 fully saturated rings. The molecule has 1 aliphatic carbocycles. The van der Waals surface area contributed by atoms with Gasteiger partial charge in [-0.05, 0) is 12.3 Å². The average molecular weight is 191 g/mol. The predicted molar refractivity (Wildman–Crippen MR) is 44.7 cm³/mol. The molecule has 2 nitrogen and oxygen atoms in total. The van der Waals surface area contributed by atoms with E-state index in [0.717, 1.165) is 6.54 Å². The molecule has 1 heterocycles. The Morgan fingerprint density at radius 3 is 2.77 bits per heavy atom. The van der Waals surface area contributed by atoms with Gasteiger partial charge in [0.15, 0.2) is 0 Å². The fourth-order valence-electron chi connectivity index (χ4n) is 2.62. The molecular weight excluding hydrogens is 176 g/mol. The Hall–Kier alpha value is -0.220. The lowest BCUT2D eigenvalue weighted by Gasteiger charge is -2.19. The van der Waals surface area contributed by atoms with Crippen LogP contribution in [0.25, 0.3) is 0 Å². The Bertz CT molecular complexity index is 198. The highest BCUT2D eigenvalue weighted by Gasteiger charge is 2.53. The van der Waals surface area contributed by atoms with Crippen LogP contribution < -0.4 is 0 Å². The van der Waals surface area contributed by atoms with Crippen LogP contribution in [0.15, 0.2) is 0 Å². The fraction of sp³-hybridized carbons (Fsp3) is 1.00. The normalized spacial score (nSPS) is 38.1. The maximum absolute atomic E-state index is 13.2. The van der Waals surface area contributed by atoms with E-state index < -0.39 is 11.8 Å². The number of fused-ring (bicyclic) bond motifs is 1. The molecule has 13 heavy (non-hydrogen) atoms. The van der Waals surface area contributed by atoms with Gasteiger partial charge in [0.25, 0.3) is 5.92 Å². The summed E-state index contributed by atoms with van der Waals surface area (Å²) in [4.78, 5) is 1.95. The molecule has 1 saturated carbocycles. The van der Waals surface area contributed by atoms with Crippen molar-refractivity contribution < 1.29 is 13.9 Å². The smallest absolute Gasteiger partial charge is 0.252 e. The molecule has 2 aliphatic rings. The molecule has 0 bridgehead atoms. The van der Waals surface area contributed by atoms with Crippen LogP contribution in [0.3, 0.4) is 0 Å². The minimum Gasteiger partial charge on any atom is -0.395 e. The predicted octanol–water partition coefficient (Wildman–Crippen LogP) is 0.956. The molecule has 0 aromatic heterocycles. The quantitative estimate of drug-likeness (QED) is 0.702. The first kappa shape index (κ1) is 9.34. The SMILES string of the molecule is OCCN1C[C@H]2CCC(F)(F)[C@@H]2C1. The van der Waals surface area contributed by atoms with Crippen molar-refractivity contribution in [3.05, 3.63) is 0 Å². The summed E-state index contributed by atoms with van der Waals surface area (Å²) in [5, 5.41) is 8.69. The van der Waals surface area contributed by atoms with Crippen LogP contribution in [0, 0.1) is 11.8 Å². The first-order valence-corrected chi connectivity index (χ1v) is 4.84. The first-order chi connectivity index (χ1) is 6.13. The van der Waals surface area contributed by atoms with Crippen molar-refractivity contribution in [2.75, 3.05) is 26.2 Å². The van der Waals surface area contributed by atoms with Crippen LogP contribution in [0.5, 0.6) is 0 Å².